The highest BCUT2D eigenvalue weighted by Gasteiger charge is 2.13. The quantitative estimate of drug-likeness (QED) is 0.356. The normalized spacial score (nSPS) is 12.4. The molecule has 0 amide bonds. The van der Waals surface area contributed by atoms with E-state index in [1.165, 1.54) is 17.4 Å². The lowest BCUT2D eigenvalue weighted by molar-refractivity contribution is 0.559. The van der Waals surface area contributed by atoms with E-state index in [-0.39, 0.29) is 5.69 Å². The van der Waals surface area contributed by atoms with Gasteiger partial charge in [0.05, 0.1) is 12.5 Å². The van der Waals surface area contributed by atoms with Crippen LogP contribution >= 0.6 is 11.3 Å². The highest BCUT2D eigenvalue weighted by Crippen LogP contribution is 2.28. The number of halogens is 1. The summed E-state index contributed by atoms with van der Waals surface area (Å²) in [7, 11) is 0. The van der Waals surface area contributed by atoms with Gasteiger partial charge in [-0.2, -0.15) is 5.10 Å². The van der Waals surface area contributed by atoms with Crippen molar-refractivity contribution in [1.82, 2.24) is 4.68 Å². The summed E-state index contributed by atoms with van der Waals surface area (Å²) in [5.41, 5.74) is 1.74. The Bertz CT molecular complexity index is 1340. The number of hydrogen-bond donors (Lipinski definition) is 0. The van der Waals surface area contributed by atoms with Gasteiger partial charge >= 0.3 is 0 Å². The number of furan rings is 2. The molecule has 5 nitrogen and oxygen atoms in total. The maximum atomic E-state index is 14.1. The largest absolute Gasteiger partial charge is 0.463 e. The van der Waals surface area contributed by atoms with Crippen molar-refractivity contribution in [3.8, 4) is 11.5 Å². The Balaban J connectivity index is 1.69. The maximum absolute atomic E-state index is 14.1. The van der Waals surface area contributed by atoms with E-state index in [2.05, 4.69) is 10.1 Å². The first-order valence-electron chi connectivity index (χ1n) is 8.84. The van der Waals surface area contributed by atoms with Gasteiger partial charge in [0.15, 0.2) is 5.76 Å². The van der Waals surface area contributed by atoms with E-state index in [9.17, 15) is 4.39 Å². The van der Waals surface area contributed by atoms with Crippen LogP contribution in [0, 0.1) is 5.82 Å². The van der Waals surface area contributed by atoms with E-state index in [1.807, 2.05) is 35.7 Å². The Morgan fingerprint density at radius 3 is 2.69 bits per heavy atom. The minimum atomic E-state index is -0.396. The Morgan fingerprint density at radius 1 is 1.00 bits per heavy atom. The summed E-state index contributed by atoms with van der Waals surface area (Å²) < 4.78 is 27.1. The molecule has 5 rings (SSSR count). The minimum absolute atomic E-state index is 0.243. The molecule has 0 aliphatic carbocycles. The third kappa shape index (κ3) is 3.43. The van der Waals surface area contributed by atoms with Gasteiger partial charge in [0.1, 0.15) is 28.5 Å². The first-order chi connectivity index (χ1) is 14.3. The molecule has 0 radical (unpaired) electrons. The van der Waals surface area contributed by atoms with Gasteiger partial charge in [-0.25, -0.2) is 14.1 Å². The first kappa shape index (κ1) is 17.4. The van der Waals surface area contributed by atoms with Gasteiger partial charge in [-0.3, -0.25) is 0 Å². The predicted molar refractivity (Wildman–Crippen MR) is 111 cm³/mol. The number of hydrogen-bond acceptors (Lipinski definition) is 5. The maximum Gasteiger partial charge on any atom is 0.211 e. The molecule has 7 heteroatoms. The molecule has 0 saturated carbocycles. The summed E-state index contributed by atoms with van der Waals surface area (Å²) in [4.78, 5) is 4.97. The fourth-order valence-corrected chi connectivity index (χ4v) is 3.72. The van der Waals surface area contributed by atoms with Crippen LogP contribution in [0.2, 0.25) is 0 Å². The summed E-state index contributed by atoms with van der Waals surface area (Å²) in [5.74, 6) is 0.845. The molecule has 0 fully saturated rings. The lowest BCUT2D eigenvalue weighted by Gasteiger charge is -2.00. The number of nitrogens with zero attached hydrogens (tertiary/aromatic N) is 3. The molecule has 3 aromatic heterocycles. The lowest BCUT2D eigenvalue weighted by atomic mass is 10.2. The van der Waals surface area contributed by atoms with Crippen LogP contribution in [0.1, 0.15) is 5.76 Å². The van der Waals surface area contributed by atoms with Gasteiger partial charge in [-0.05, 0) is 36.4 Å². The van der Waals surface area contributed by atoms with Crippen LogP contribution in [0.3, 0.4) is 0 Å². The van der Waals surface area contributed by atoms with Gasteiger partial charge in [0.25, 0.3) is 0 Å². The molecule has 29 heavy (non-hydrogen) atoms. The van der Waals surface area contributed by atoms with Crippen LogP contribution in [0.25, 0.3) is 22.4 Å². The number of aromatic nitrogens is 1. The van der Waals surface area contributed by atoms with E-state index < -0.39 is 5.82 Å². The van der Waals surface area contributed by atoms with Crippen molar-refractivity contribution >= 4 is 34.2 Å². The van der Waals surface area contributed by atoms with E-state index >= 15 is 0 Å². The van der Waals surface area contributed by atoms with Crippen molar-refractivity contribution in [2.24, 2.45) is 10.1 Å². The first-order valence-corrected chi connectivity index (χ1v) is 9.72. The molecule has 0 unspecified atom stereocenters. The van der Waals surface area contributed by atoms with Crippen LogP contribution in [-0.4, -0.2) is 10.9 Å². The zero-order valence-electron chi connectivity index (χ0n) is 15.0. The lowest BCUT2D eigenvalue weighted by Crippen LogP contribution is -2.11. The van der Waals surface area contributed by atoms with Crippen LogP contribution in [0.5, 0.6) is 0 Å². The minimum Gasteiger partial charge on any atom is -0.463 e. The molecule has 0 N–H and O–H groups in total. The topological polar surface area (TPSA) is 55.9 Å². The number of rotatable bonds is 4. The summed E-state index contributed by atoms with van der Waals surface area (Å²) in [5, 5.41) is 7.39. The fourth-order valence-electron chi connectivity index (χ4n) is 2.89. The highest BCUT2D eigenvalue weighted by atomic mass is 32.1. The number of fused-ring (bicyclic) bond motifs is 1. The van der Waals surface area contributed by atoms with E-state index in [0.717, 1.165) is 11.0 Å². The number of thiazole rings is 1. The third-order valence-electron chi connectivity index (χ3n) is 4.28. The van der Waals surface area contributed by atoms with E-state index in [4.69, 9.17) is 8.83 Å². The Labute approximate surface area is 168 Å². The monoisotopic (exact) mass is 403 g/mol. The van der Waals surface area contributed by atoms with Gasteiger partial charge in [-0.1, -0.05) is 30.3 Å². The number of benzene rings is 2. The average molecular weight is 403 g/mol. The summed E-state index contributed by atoms with van der Waals surface area (Å²) in [6.07, 6.45) is 3.16. The van der Waals surface area contributed by atoms with Gasteiger partial charge in [0.2, 0.25) is 4.80 Å². The zero-order chi connectivity index (χ0) is 19.6. The second kappa shape index (κ2) is 7.37. The van der Waals surface area contributed by atoms with Gasteiger partial charge in [0, 0.05) is 10.8 Å². The molecule has 0 aliphatic heterocycles. The molecular formula is C22H14FN3O2S. The smallest absolute Gasteiger partial charge is 0.211 e. The van der Waals surface area contributed by atoms with E-state index in [0.29, 0.717) is 22.0 Å². The second-order valence-electron chi connectivity index (χ2n) is 6.19. The van der Waals surface area contributed by atoms with Gasteiger partial charge < -0.3 is 8.83 Å². The molecule has 0 aliphatic rings. The van der Waals surface area contributed by atoms with Crippen LogP contribution in [0.15, 0.2) is 97.3 Å². The summed E-state index contributed by atoms with van der Waals surface area (Å²) >= 11 is 1.35. The Morgan fingerprint density at radius 2 is 1.86 bits per heavy atom. The fraction of sp³-hybridized carbons (Fsp3) is 0. The molecule has 142 valence electrons. The van der Waals surface area contributed by atoms with Crippen molar-refractivity contribution < 1.29 is 13.2 Å². The molecule has 3 heterocycles. The third-order valence-corrected chi connectivity index (χ3v) is 5.09. The molecule has 5 aromatic rings. The second-order valence-corrected chi connectivity index (χ2v) is 7.02. The van der Waals surface area contributed by atoms with Crippen molar-refractivity contribution in [2.45, 2.75) is 0 Å². The summed E-state index contributed by atoms with van der Waals surface area (Å²) in [6, 6.07) is 19.7. The van der Waals surface area contributed by atoms with Crippen molar-refractivity contribution in [3.63, 3.8) is 0 Å². The summed E-state index contributed by atoms with van der Waals surface area (Å²) in [6.45, 7) is 0. The van der Waals surface area contributed by atoms with Crippen molar-refractivity contribution in [3.05, 3.63) is 94.8 Å². The predicted octanol–water partition coefficient (Wildman–Crippen LogP) is 5.81. The molecule has 0 bridgehead atoms. The van der Waals surface area contributed by atoms with Crippen LogP contribution < -0.4 is 4.80 Å². The Hall–Kier alpha value is -3.71. The SMILES string of the molecule is Fc1ccccc1N=c1scc(-c2cc3ccccc3o2)n1N=Cc1ccco1. The zero-order valence-corrected chi connectivity index (χ0v) is 15.8. The van der Waals surface area contributed by atoms with E-state index in [1.54, 1.807) is 47.5 Å². The molecule has 0 atom stereocenters. The number of para-hydroxylation sites is 2. The van der Waals surface area contributed by atoms with Gasteiger partial charge in [-0.15, -0.1) is 11.3 Å². The van der Waals surface area contributed by atoms with Crippen molar-refractivity contribution in [1.29, 1.82) is 0 Å². The van der Waals surface area contributed by atoms with Crippen LogP contribution in [-0.2, 0) is 0 Å². The highest BCUT2D eigenvalue weighted by molar-refractivity contribution is 7.07. The Kier molecular flexibility index (Phi) is 4.42. The molecular weight excluding hydrogens is 389 g/mol. The molecule has 0 saturated heterocycles. The van der Waals surface area contributed by atoms with Crippen molar-refractivity contribution in [2.75, 3.05) is 0 Å². The molecule has 0 spiro atoms. The molecule has 2 aromatic carbocycles. The standard InChI is InChI=1S/C22H14FN3O2S/c23-17-8-2-3-9-18(17)25-22-26(24-13-16-7-5-11-27-16)19(14-29-22)21-12-15-6-1-4-10-20(15)28-21/h1-14H. The average Bonchev–Trinajstić information content (AvgIpc) is 3.47. The van der Waals surface area contributed by atoms with Crippen LogP contribution in [0.4, 0.5) is 10.1 Å².